The summed E-state index contributed by atoms with van der Waals surface area (Å²) in [7, 11) is 1.56. The molecule has 0 saturated carbocycles. The van der Waals surface area contributed by atoms with Gasteiger partial charge < -0.3 is 15.0 Å². The van der Waals surface area contributed by atoms with Crippen LogP contribution in [0.2, 0.25) is 0 Å². The number of methoxy groups -OCH3 is 1. The van der Waals surface area contributed by atoms with E-state index in [9.17, 15) is 4.79 Å². The number of hydrogen-bond donors (Lipinski definition) is 2. The van der Waals surface area contributed by atoms with Gasteiger partial charge in [0.1, 0.15) is 11.4 Å². The number of para-hydroxylation sites is 2. The lowest BCUT2D eigenvalue weighted by Crippen LogP contribution is -2.46. The summed E-state index contributed by atoms with van der Waals surface area (Å²) in [6.45, 7) is 4.27. The van der Waals surface area contributed by atoms with Crippen molar-refractivity contribution in [2.75, 3.05) is 13.7 Å². The molecule has 1 amide bonds. The minimum Gasteiger partial charge on any atom is -0.369 e. The Kier molecular flexibility index (Phi) is 4.39. The van der Waals surface area contributed by atoms with Gasteiger partial charge in [0.2, 0.25) is 0 Å². The molecule has 0 bridgehead atoms. The molecular weight excluding hydrogens is 254 g/mol. The van der Waals surface area contributed by atoms with Gasteiger partial charge in [-0.05, 0) is 25.5 Å². The summed E-state index contributed by atoms with van der Waals surface area (Å²) in [6, 6.07) is 7.88. The highest BCUT2D eigenvalue weighted by Crippen LogP contribution is 2.14. The van der Waals surface area contributed by atoms with E-state index in [0.717, 1.165) is 16.9 Å². The van der Waals surface area contributed by atoms with Crippen LogP contribution in [0.15, 0.2) is 24.3 Å². The second kappa shape index (κ2) is 6.05. The first kappa shape index (κ1) is 14.5. The van der Waals surface area contributed by atoms with Crippen LogP contribution in [0.4, 0.5) is 0 Å². The largest absolute Gasteiger partial charge is 0.369 e. The third-order valence-corrected chi connectivity index (χ3v) is 3.69. The standard InChI is InChI=1S/C15H21N3O2/c1-4-15(2,20-3)14(19)16-10-9-13-17-11-7-5-6-8-12(11)18-13/h5-8H,4,9-10H2,1-3H3,(H,16,19)(H,17,18). The predicted molar refractivity (Wildman–Crippen MR) is 78.5 cm³/mol. The fourth-order valence-electron chi connectivity index (χ4n) is 2.00. The van der Waals surface area contributed by atoms with Gasteiger partial charge in [0, 0.05) is 20.1 Å². The molecule has 5 nitrogen and oxygen atoms in total. The van der Waals surface area contributed by atoms with Crippen LogP contribution in [0.5, 0.6) is 0 Å². The SMILES string of the molecule is CCC(C)(OC)C(=O)NCCc1nc2ccccc2[nH]1. The molecule has 2 rings (SSSR count). The molecule has 1 atom stereocenters. The normalized spacial score (nSPS) is 14.2. The number of aromatic nitrogens is 2. The molecule has 1 unspecified atom stereocenters. The molecule has 20 heavy (non-hydrogen) atoms. The number of ether oxygens (including phenoxy) is 1. The molecule has 1 aromatic heterocycles. The lowest BCUT2D eigenvalue weighted by Gasteiger charge is -2.25. The number of fused-ring (bicyclic) bond motifs is 1. The van der Waals surface area contributed by atoms with E-state index in [0.29, 0.717) is 19.4 Å². The first-order chi connectivity index (χ1) is 9.59. The number of H-pyrrole nitrogens is 1. The maximum atomic E-state index is 12.0. The van der Waals surface area contributed by atoms with E-state index in [2.05, 4.69) is 15.3 Å². The van der Waals surface area contributed by atoms with Gasteiger partial charge in [-0.15, -0.1) is 0 Å². The molecule has 0 fully saturated rings. The molecular formula is C15H21N3O2. The van der Waals surface area contributed by atoms with Crippen molar-refractivity contribution in [2.45, 2.75) is 32.3 Å². The van der Waals surface area contributed by atoms with E-state index in [-0.39, 0.29) is 5.91 Å². The summed E-state index contributed by atoms with van der Waals surface area (Å²) in [5, 5.41) is 2.89. The van der Waals surface area contributed by atoms with Gasteiger partial charge in [-0.2, -0.15) is 0 Å². The molecule has 2 aromatic rings. The first-order valence-electron chi connectivity index (χ1n) is 6.86. The average molecular weight is 275 g/mol. The second-order valence-corrected chi connectivity index (χ2v) is 5.00. The molecule has 0 spiro atoms. The van der Waals surface area contributed by atoms with Crippen LogP contribution < -0.4 is 5.32 Å². The van der Waals surface area contributed by atoms with Crippen molar-refractivity contribution >= 4 is 16.9 Å². The molecule has 108 valence electrons. The highest BCUT2D eigenvalue weighted by molar-refractivity contribution is 5.84. The summed E-state index contributed by atoms with van der Waals surface area (Å²) in [4.78, 5) is 19.7. The Hall–Kier alpha value is -1.88. The third kappa shape index (κ3) is 2.99. The minimum absolute atomic E-state index is 0.0846. The molecule has 0 radical (unpaired) electrons. The van der Waals surface area contributed by atoms with E-state index in [1.807, 2.05) is 31.2 Å². The van der Waals surface area contributed by atoms with Crippen LogP contribution in [-0.2, 0) is 16.0 Å². The molecule has 1 heterocycles. The van der Waals surface area contributed by atoms with E-state index in [4.69, 9.17) is 4.74 Å². The number of imidazole rings is 1. The smallest absolute Gasteiger partial charge is 0.251 e. The monoisotopic (exact) mass is 275 g/mol. The van der Waals surface area contributed by atoms with Crippen molar-refractivity contribution < 1.29 is 9.53 Å². The zero-order valence-corrected chi connectivity index (χ0v) is 12.2. The Balaban J connectivity index is 1.91. The molecule has 0 aliphatic carbocycles. The van der Waals surface area contributed by atoms with E-state index in [1.54, 1.807) is 14.0 Å². The Bertz CT molecular complexity index is 555. The number of carbonyl (C=O) groups is 1. The Morgan fingerprint density at radius 2 is 2.20 bits per heavy atom. The fourth-order valence-corrected chi connectivity index (χ4v) is 2.00. The molecule has 2 N–H and O–H groups in total. The van der Waals surface area contributed by atoms with Gasteiger partial charge in [-0.25, -0.2) is 4.98 Å². The third-order valence-electron chi connectivity index (χ3n) is 3.69. The van der Waals surface area contributed by atoms with Gasteiger partial charge in [-0.3, -0.25) is 4.79 Å². The van der Waals surface area contributed by atoms with E-state index in [1.165, 1.54) is 0 Å². The Morgan fingerprint density at radius 3 is 2.85 bits per heavy atom. The predicted octanol–water partition coefficient (Wildman–Crippen LogP) is 2.04. The minimum atomic E-state index is -0.756. The number of nitrogens with one attached hydrogen (secondary N) is 2. The Morgan fingerprint density at radius 1 is 1.45 bits per heavy atom. The van der Waals surface area contributed by atoms with Crippen molar-refractivity contribution in [3.63, 3.8) is 0 Å². The van der Waals surface area contributed by atoms with Crippen molar-refractivity contribution in [3.8, 4) is 0 Å². The van der Waals surface area contributed by atoms with Crippen molar-refractivity contribution in [2.24, 2.45) is 0 Å². The molecule has 0 saturated heterocycles. The topological polar surface area (TPSA) is 67.0 Å². The van der Waals surface area contributed by atoms with Gasteiger partial charge >= 0.3 is 0 Å². The number of amides is 1. The quantitative estimate of drug-likeness (QED) is 0.847. The number of hydrogen-bond acceptors (Lipinski definition) is 3. The number of rotatable bonds is 6. The Labute approximate surface area is 118 Å². The maximum Gasteiger partial charge on any atom is 0.251 e. The summed E-state index contributed by atoms with van der Waals surface area (Å²) >= 11 is 0. The van der Waals surface area contributed by atoms with Crippen LogP contribution in [0.25, 0.3) is 11.0 Å². The lowest BCUT2D eigenvalue weighted by atomic mass is 10.0. The number of carbonyl (C=O) groups excluding carboxylic acids is 1. The van der Waals surface area contributed by atoms with Crippen molar-refractivity contribution in [3.05, 3.63) is 30.1 Å². The fraction of sp³-hybridized carbons (Fsp3) is 0.467. The molecule has 0 aliphatic rings. The molecule has 5 heteroatoms. The molecule has 0 aliphatic heterocycles. The van der Waals surface area contributed by atoms with Crippen LogP contribution in [0, 0.1) is 0 Å². The average Bonchev–Trinajstić information content (AvgIpc) is 2.88. The van der Waals surface area contributed by atoms with Crippen LogP contribution in [0.1, 0.15) is 26.1 Å². The number of benzene rings is 1. The number of aromatic amines is 1. The summed E-state index contributed by atoms with van der Waals surface area (Å²) in [6.07, 6.45) is 1.31. The first-order valence-corrected chi connectivity index (χ1v) is 6.86. The second-order valence-electron chi connectivity index (χ2n) is 5.00. The summed E-state index contributed by atoms with van der Waals surface area (Å²) in [5.41, 5.74) is 1.21. The van der Waals surface area contributed by atoms with Gasteiger partial charge in [0.15, 0.2) is 0 Å². The highest BCUT2D eigenvalue weighted by atomic mass is 16.5. The van der Waals surface area contributed by atoms with Crippen molar-refractivity contribution in [1.29, 1.82) is 0 Å². The van der Waals surface area contributed by atoms with Gasteiger partial charge in [0.05, 0.1) is 11.0 Å². The van der Waals surface area contributed by atoms with Crippen molar-refractivity contribution in [1.82, 2.24) is 15.3 Å². The van der Waals surface area contributed by atoms with Crippen LogP contribution in [-0.4, -0.2) is 35.1 Å². The zero-order valence-electron chi connectivity index (χ0n) is 12.2. The zero-order chi connectivity index (χ0) is 14.6. The number of nitrogens with zero attached hydrogens (tertiary/aromatic N) is 1. The van der Waals surface area contributed by atoms with E-state index < -0.39 is 5.60 Å². The van der Waals surface area contributed by atoms with Crippen LogP contribution >= 0.6 is 0 Å². The summed E-state index contributed by atoms with van der Waals surface area (Å²) in [5.74, 6) is 0.792. The summed E-state index contributed by atoms with van der Waals surface area (Å²) < 4.78 is 5.26. The lowest BCUT2D eigenvalue weighted by molar-refractivity contribution is -0.141. The van der Waals surface area contributed by atoms with Gasteiger partial charge in [-0.1, -0.05) is 19.1 Å². The highest BCUT2D eigenvalue weighted by Gasteiger charge is 2.30. The van der Waals surface area contributed by atoms with E-state index >= 15 is 0 Å². The molecule has 1 aromatic carbocycles. The van der Waals surface area contributed by atoms with Crippen LogP contribution in [0.3, 0.4) is 0 Å². The maximum absolute atomic E-state index is 12.0. The van der Waals surface area contributed by atoms with Gasteiger partial charge in [0.25, 0.3) is 5.91 Å².